The number of sulfonamides is 1. The summed E-state index contributed by atoms with van der Waals surface area (Å²) in [4.78, 5) is 25.5. The molecule has 0 fully saturated rings. The first-order valence-corrected chi connectivity index (χ1v) is 14.7. The van der Waals surface area contributed by atoms with E-state index in [4.69, 9.17) is 9.47 Å². The normalized spacial score (nSPS) is 11.4. The molecule has 0 bridgehead atoms. The first kappa shape index (κ1) is 30.8. The van der Waals surface area contributed by atoms with E-state index in [0.29, 0.717) is 34.0 Å². The van der Waals surface area contributed by atoms with Crippen molar-refractivity contribution in [3.05, 3.63) is 114 Å². The molecule has 4 aromatic rings. The number of anilines is 2. The van der Waals surface area contributed by atoms with Gasteiger partial charge < -0.3 is 14.8 Å². The van der Waals surface area contributed by atoms with Crippen molar-refractivity contribution in [1.82, 2.24) is 5.43 Å². The number of hydrogen-bond acceptors (Lipinski definition) is 7. The van der Waals surface area contributed by atoms with Crippen LogP contribution in [0, 0.1) is 6.92 Å². The average Bonchev–Trinajstić information content (AvgIpc) is 3.03. The number of nitrogens with one attached hydrogen (secondary N) is 2. The molecule has 4 rings (SSSR count). The van der Waals surface area contributed by atoms with Crippen LogP contribution in [0.4, 0.5) is 11.4 Å². The number of aryl methyl sites for hydroxylation is 1. The van der Waals surface area contributed by atoms with E-state index in [1.165, 1.54) is 32.4 Å². The number of ether oxygens (including phenoxy) is 2. The topological polar surface area (TPSA) is 126 Å². The Morgan fingerprint density at radius 2 is 1.49 bits per heavy atom. The van der Waals surface area contributed by atoms with Crippen molar-refractivity contribution in [2.45, 2.75) is 18.7 Å². The molecule has 43 heavy (non-hydrogen) atoms. The molecule has 0 radical (unpaired) electrons. The van der Waals surface area contributed by atoms with Gasteiger partial charge in [-0.25, -0.2) is 13.8 Å². The minimum atomic E-state index is -4.20. The lowest BCUT2D eigenvalue weighted by Crippen LogP contribution is -2.39. The minimum absolute atomic E-state index is 0.0763. The SMILES string of the molecule is COc1ccc(S(=O)(=O)N(CC(=O)N/N=C(/C)c2cccc(NC(=O)c3ccccc3)c2)c2ccc(C)cc2)cc1OC. The molecule has 2 N–H and O–H groups in total. The minimum Gasteiger partial charge on any atom is -0.493 e. The second-order valence-electron chi connectivity index (χ2n) is 9.50. The maximum Gasteiger partial charge on any atom is 0.264 e. The highest BCUT2D eigenvalue weighted by atomic mass is 32.2. The van der Waals surface area contributed by atoms with Crippen LogP contribution in [0.5, 0.6) is 11.5 Å². The van der Waals surface area contributed by atoms with Crippen molar-refractivity contribution in [2.24, 2.45) is 5.10 Å². The summed E-state index contributed by atoms with van der Waals surface area (Å²) in [5.74, 6) is -0.307. The summed E-state index contributed by atoms with van der Waals surface area (Å²) < 4.78 is 39.1. The molecule has 0 spiro atoms. The summed E-state index contributed by atoms with van der Waals surface area (Å²) in [6, 6.07) is 26.8. The number of nitrogens with zero attached hydrogens (tertiary/aromatic N) is 2. The van der Waals surface area contributed by atoms with Crippen LogP contribution in [0.1, 0.15) is 28.4 Å². The first-order chi connectivity index (χ1) is 20.6. The van der Waals surface area contributed by atoms with Gasteiger partial charge in [0.25, 0.3) is 21.8 Å². The Kier molecular flexibility index (Phi) is 9.79. The highest BCUT2D eigenvalue weighted by Crippen LogP contribution is 2.32. The van der Waals surface area contributed by atoms with Crippen LogP contribution in [0.25, 0.3) is 0 Å². The molecular weight excluding hydrogens is 568 g/mol. The van der Waals surface area contributed by atoms with Gasteiger partial charge in [-0.15, -0.1) is 0 Å². The average molecular weight is 601 g/mol. The van der Waals surface area contributed by atoms with Crippen molar-refractivity contribution in [3.63, 3.8) is 0 Å². The monoisotopic (exact) mass is 600 g/mol. The lowest BCUT2D eigenvalue weighted by atomic mass is 10.1. The van der Waals surface area contributed by atoms with Crippen LogP contribution < -0.4 is 24.5 Å². The number of carbonyl (C=O) groups is 2. The number of methoxy groups -OCH3 is 2. The summed E-state index contributed by atoms with van der Waals surface area (Å²) in [7, 11) is -1.34. The zero-order valence-electron chi connectivity index (χ0n) is 24.2. The Morgan fingerprint density at radius 3 is 2.16 bits per heavy atom. The molecule has 4 aromatic carbocycles. The van der Waals surface area contributed by atoms with Crippen LogP contribution in [0.15, 0.2) is 107 Å². The van der Waals surface area contributed by atoms with Gasteiger partial charge >= 0.3 is 0 Å². The van der Waals surface area contributed by atoms with Gasteiger partial charge in [-0.05, 0) is 67.9 Å². The third-order valence-electron chi connectivity index (χ3n) is 6.47. The highest BCUT2D eigenvalue weighted by molar-refractivity contribution is 7.92. The standard InChI is InChI=1S/C32H32N4O6S/c1-22-13-15-27(16-14-22)36(43(39,40)28-17-18-29(41-3)30(20-28)42-4)21-31(37)35-34-23(2)25-11-8-12-26(19-25)33-32(38)24-9-6-5-7-10-24/h5-20H,21H2,1-4H3,(H,33,38)(H,35,37)/b34-23-. The molecule has 0 atom stereocenters. The summed E-state index contributed by atoms with van der Waals surface area (Å²) in [5.41, 5.74) is 5.87. The van der Waals surface area contributed by atoms with Crippen molar-refractivity contribution in [3.8, 4) is 11.5 Å². The van der Waals surface area contributed by atoms with E-state index in [2.05, 4.69) is 15.8 Å². The Labute approximate surface area is 251 Å². The predicted octanol–water partition coefficient (Wildman–Crippen LogP) is 5.00. The molecule has 11 heteroatoms. The quantitative estimate of drug-likeness (QED) is 0.184. The lowest BCUT2D eigenvalue weighted by Gasteiger charge is -2.24. The van der Waals surface area contributed by atoms with Crippen molar-refractivity contribution in [1.29, 1.82) is 0 Å². The Bertz CT molecular complexity index is 1740. The Morgan fingerprint density at radius 1 is 0.814 bits per heavy atom. The van der Waals surface area contributed by atoms with E-state index in [9.17, 15) is 18.0 Å². The smallest absolute Gasteiger partial charge is 0.264 e. The molecule has 0 unspecified atom stereocenters. The number of rotatable bonds is 11. The van der Waals surface area contributed by atoms with E-state index >= 15 is 0 Å². The van der Waals surface area contributed by atoms with Gasteiger partial charge in [-0.1, -0.05) is 48.0 Å². The molecular formula is C32H32N4O6S. The van der Waals surface area contributed by atoms with Gasteiger partial charge in [0.2, 0.25) is 0 Å². The maximum absolute atomic E-state index is 13.8. The van der Waals surface area contributed by atoms with Crippen LogP contribution in [0.2, 0.25) is 0 Å². The highest BCUT2D eigenvalue weighted by Gasteiger charge is 2.28. The molecule has 0 aliphatic rings. The number of hydrazone groups is 1. The van der Waals surface area contributed by atoms with Crippen molar-refractivity contribution < 1.29 is 27.5 Å². The van der Waals surface area contributed by atoms with Gasteiger partial charge in [0.1, 0.15) is 6.54 Å². The molecule has 0 aliphatic carbocycles. The van der Waals surface area contributed by atoms with E-state index < -0.39 is 22.5 Å². The molecule has 0 aliphatic heterocycles. The molecule has 0 saturated carbocycles. The fourth-order valence-electron chi connectivity index (χ4n) is 4.12. The van der Waals surface area contributed by atoms with E-state index in [-0.39, 0.29) is 16.6 Å². The fourth-order valence-corrected chi connectivity index (χ4v) is 5.56. The van der Waals surface area contributed by atoms with Gasteiger partial charge in [0, 0.05) is 17.3 Å². The Hall–Kier alpha value is -5.16. The van der Waals surface area contributed by atoms with Crippen LogP contribution in [-0.2, 0) is 14.8 Å². The van der Waals surface area contributed by atoms with Crippen molar-refractivity contribution in [2.75, 3.05) is 30.4 Å². The summed E-state index contributed by atoms with van der Waals surface area (Å²) >= 11 is 0. The van der Waals surface area contributed by atoms with Gasteiger partial charge in [-0.2, -0.15) is 5.10 Å². The first-order valence-electron chi connectivity index (χ1n) is 13.2. The maximum atomic E-state index is 13.8. The fraction of sp³-hybridized carbons (Fsp3) is 0.156. The number of carbonyl (C=O) groups excluding carboxylic acids is 2. The number of amides is 2. The third kappa shape index (κ3) is 7.57. The Balaban J connectivity index is 1.54. The third-order valence-corrected chi connectivity index (χ3v) is 8.24. The molecule has 0 saturated heterocycles. The summed E-state index contributed by atoms with van der Waals surface area (Å²) in [6.45, 7) is 3.03. The lowest BCUT2D eigenvalue weighted by molar-refractivity contribution is -0.119. The van der Waals surface area contributed by atoms with E-state index in [1.54, 1.807) is 79.7 Å². The van der Waals surface area contributed by atoms with Gasteiger partial charge in [-0.3, -0.25) is 13.9 Å². The van der Waals surface area contributed by atoms with Gasteiger partial charge in [0.05, 0.1) is 30.5 Å². The van der Waals surface area contributed by atoms with Gasteiger partial charge in [0.15, 0.2) is 11.5 Å². The summed E-state index contributed by atoms with van der Waals surface area (Å²) in [6.07, 6.45) is 0. The van der Waals surface area contributed by atoms with E-state index in [0.717, 1.165) is 9.87 Å². The molecule has 0 heterocycles. The molecule has 0 aromatic heterocycles. The second-order valence-corrected chi connectivity index (χ2v) is 11.4. The predicted molar refractivity (Wildman–Crippen MR) is 166 cm³/mol. The second kappa shape index (κ2) is 13.7. The number of benzene rings is 4. The largest absolute Gasteiger partial charge is 0.493 e. The molecule has 2 amide bonds. The molecule has 10 nitrogen and oxygen atoms in total. The van der Waals surface area contributed by atoms with Crippen molar-refractivity contribution >= 4 is 38.9 Å². The zero-order chi connectivity index (χ0) is 31.0. The zero-order valence-corrected chi connectivity index (χ0v) is 25.0. The van der Waals surface area contributed by atoms with Crippen LogP contribution in [0.3, 0.4) is 0 Å². The van der Waals surface area contributed by atoms with Crippen LogP contribution in [-0.4, -0.2) is 46.7 Å². The number of hydrogen-bond donors (Lipinski definition) is 2. The molecule has 222 valence electrons. The summed E-state index contributed by atoms with van der Waals surface area (Å²) in [5, 5.41) is 7.03. The van der Waals surface area contributed by atoms with Crippen LogP contribution >= 0.6 is 0 Å². The van der Waals surface area contributed by atoms with E-state index in [1.807, 2.05) is 13.0 Å².